The van der Waals surface area contributed by atoms with Gasteiger partial charge in [0.15, 0.2) is 0 Å². The first-order valence-electron chi connectivity index (χ1n) is 7.93. The van der Waals surface area contributed by atoms with Gasteiger partial charge in [0.2, 0.25) is 0 Å². The number of hydrogen-bond donors (Lipinski definition) is 1. The summed E-state index contributed by atoms with van der Waals surface area (Å²) >= 11 is 0. The number of unbranched alkanes of at least 4 members (excludes halogenated alkanes) is 3. The lowest BCUT2D eigenvalue weighted by molar-refractivity contribution is 0.505. The fourth-order valence-corrected chi connectivity index (χ4v) is 2.61. The van der Waals surface area contributed by atoms with Crippen molar-refractivity contribution in [1.82, 2.24) is 5.32 Å². The SMILES string of the molecule is CCCCCCC(NC)c1ccc(CC(C)C)cc1. The molecule has 0 amide bonds. The molecule has 0 saturated carbocycles. The molecule has 0 spiro atoms. The van der Waals surface area contributed by atoms with Gasteiger partial charge in [0, 0.05) is 6.04 Å². The van der Waals surface area contributed by atoms with Gasteiger partial charge < -0.3 is 5.32 Å². The maximum atomic E-state index is 3.46. The summed E-state index contributed by atoms with van der Waals surface area (Å²) in [7, 11) is 2.08. The molecule has 0 aliphatic carbocycles. The average molecular weight is 261 g/mol. The molecule has 0 saturated heterocycles. The van der Waals surface area contributed by atoms with Crippen molar-refractivity contribution in [3.63, 3.8) is 0 Å². The van der Waals surface area contributed by atoms with Gasteiger partial charge >= 0.3 is 0 Å². The highest BCUT2D eigenvalue weighted by molar-refractivity contribution is 5.25. The van der Waals surface area contributed by atoms with E-state index in [1.807, 2.05) is 0 Å². The van der Waals surface area contributed by atoms with E-state index in [4.69, 9.17) is 0 Å². The molecule has 1 heteroatoms. The molecular weight excluding hydrogens is 230 g/mol. The second kappa shape index (κ2) is 9.14. The van der Waals surface area contributed by atoms with Crippen molar-refractivity contribution < 1.29 is 0 Å². The molecule has 19 heavy (non-hydrogen) atoms. The van der Waals surface area contributed by atoms with E-state index in [0.717, 1.165) is 5.92 Å². The van der Waals surface area contributed by atoms with Crippen LogP contribution in [-0.2, 0) is 6.42 Å². The summed E-state index contributed by atoms with van der Waals surface area (Å²) in [6, 6.07) is 9.72. The summed E-state index contributed by atoms with van der Waals surface area (Å²) in [5.74, 6) is 0.736. The predicted molar refractivity (Wildman–Crippen MR) is 85.5 cm³/mol. The molecule has 0 aliphatic heterocycles. The van der Waals surface area contributed by atoms with Crippen LogP contribution in [0.4, 0.5) is 0 Å². The van der Waals surface area contributed by atoms with Crippen LogP contribution in [0.15, 0.2) is 24.3 Å². The smallest absolute Gasteiger partial charge is 0.0317 e. The summed E-state index contributed by atoms with van der Waals surface area (Å²) in [5, 5.41) is 3.46. The van der Waals surface area contributed by atoms with Crippen molar-refractivity contribution in [2.75, 3.05) is 7.05 Å². The van der Waals surface area contributed by atoms with Gasteiger partial charge in [0.05, 0.1) is 0 Å². The maximum Gasteiger partial charge on any atom is 0.0317 e. The lowest BCUT2D eigenvalue weighted by atomic mass is 9.97. The fraction of sp³-hybridized carbons (Fsp3) is 0.667. The molecule has 0 fully saturated rings. The first-order valence-corrected chi connectivity index (χ1v) is 7.93. The number of rotatable bonds is 9. The monoisotopic (exact) mass is 261 g/mol. The van der Waals surface area contributed by atoms with Gasteiger partial charge in [-0.05, 0) is 36.9 Å². The Kier molecular flexibility index (Phi) is 7.81. The van der Waals surface area contributed by atoms with Gasteiger partial charge in [-0.25, -0.2) is 0 Å². The van der Waals surface area contributed by atoms with Crippen LogP contribution in [-0.4, -0.2) is 7.05 Å². The van der Waals surface area contributed by atoms with Crippen molar-refractivity contribution in [2.24, 2.45) is 5.92 Å². The Hall–Kier alpha value is -0.820. The predicted octanol–water partition coefficient (Wildman–Crippen LogP) is 5.12. The quantitative estimate of drug-likeness (QED) is 0.609. The zero-order valence-corrected chi connectivity index (χ0v) is 13.2. The van der Waals surface area contributed by atoms with E-state index in [-0.39, 0.29) is 0 Å². The number of nitrogens with one attached hydrogen (secondary N) is 1. The minimum absolute atomic E-state index is 0.518. The van der Waals surface area contributed by atoms with Crippen molar-refractivity contribution in [1.29, 1.82) is 0 Å². The van der Waals surface area contributed by atoms with Gasteiger partial charge in [0.1, 0.15) is 0 Å². The lowest BCUT2D eigenvalue weighted by Crippen LogP contribution is -2.16. The van der Waals surface area contributed by atoms with Crippen LogP contribution in [0.25, 0.3) is 0 Å². The molecular formula is C18H31N. The van der Waals surface area contributed by atoms with Crippen molar-refractivity contribution in [3.05, 3.63) is 35.4 Å². The molecule has 1 aromatic carbocycles. The minimum Gasteiger partial charge on any atom is -0.313 e. The normalized spacial score (nSPS) is 12.9. The van der Waals surface area contributed by atoms with Crippen molar-refractivity contribution in [2.45, 2.75) is 65.3 Å². The topological polar surface area (TPSA) is 12.0 Å². The summed E-state index contributed by atoms with van der Waals surface area (Å²) in [4.78, 5) is 0. The first kappa shape index (κ1) is 16.2. The molecule has 1 aromatic rings. The third kappa shape index (κ3) is 6.24. The summed E-state index contributed by atoms with van der Waals surface area (Å²) in [6.45, 7) is 6.82. The zero-order valence-electron chi connectivity index (χ0n) is 13.2. The Morgan fingerprint density at radius 1 is 1.00 bits per heavy atom. The van der Waals surface area contributed by atoms with E-state index in [0.29, 0.717) is 6.04 Å². The third-order valence-corrected chi connectivity index (χ3v) is 3.72. The molecule has 1 rings (SSSR count). The molecule has 108 valence electrons. The molecule has 0 aliphatic rings. The molecule has 0 aromatic heterocycles. The second-order valence-corrected chi connectivity index (χ2v) is 6.03. The molecule has 0 radical (unpaired) electrons. The van der Waals surface area contributed by atoms with E-state index in [9.17, 15) is 0 Å². The summed E-state index contributed by atoms with van der Waals surface area (Å²) < 4.78 is 0. The molecule has 0 bridgehead atoms. The van der Waals surface area contributed by atoms with Crippen LogP contribution < -0.4 is 5.32 Å². The highest BCUT2D eigenvalue weighted by atomic mass is 14.9. The van der Waals surface area contributed by atoms with Gasteiger partial charge in [0.25, 0.3) is 0 Å². The summed E-state index contributed by atoms with van der Waals surface area (Å²) in [6.07, 6.45) is 7.80. The minimum atomic E-state index is 0.518. The largest absolute Gasteiger partial charge is 0.313 e. The molecule has 1 nitrogen and oxygen atoms in total. The van der Waals surface area contributed by atoms with E-state index < -0.39 is 0 Å². The average Bonchev–Trinajstić information content (AvgIpc) is 2.40. The van der Waals surface area contributed by atoms with Gasteiger partial charge in [-0.1, -0.05) is 70.7 Å². The molecule has 1 N–H and O–H groups in total. The lowest BCUT2D eigenvalue weighted by Gasteiger charge is -2.17. The highest BCUT2D eigenvalue weighted by Gasteiger charge is 2.08. The molecule has 0 heterocycles. The Bertz CT molecular complexity index is 326. The van der Waals surface area contributed by atoms with Crippen LogP contribution in [0.3, 0.4) is 0 Å². The Morgan fingerprint density at radius 3 is 2.21 bits per heavy atom. The van der Waals surface area contributed by atoms with Crippen molar-refractivity contribution >= 4 is 0 Å². The van der Waals surface area contributed by atoms with E-state index in [2.05, 4.69) is 57.4 Å². The van der Waals surface area contributed by atoms with E-state index in [1.54, 1.807) is 0 Å². The van der Waals surface area contributed by atoms with Crippen LogP contribution in [0, 0.1) is 5.92 Å². The molecule has 1 unspecified atom stereocenters. The van der Waals surface area contributed by atoms with Crippen LogP contribution in [0.5, 0.6) is 0 Å². The van der Waals surface area contributed by atoms with E-state index >= 15 is 0 Å². The highest BCUT2D eigenvalue weighted by Crippen LogP contribution is 2.21. The van der Waals surface area contributed by atoms with Gasteiger partial charge in [-0.3, -0.25) is 0 Å². The third-order valence-electron chi connectivity index (χ3n) is 3.72. The standard InChI is InChI=1S/C18H31N/c1-5-6-7-8-9-18(19-4)17-12-10-16(11-13-17)14-15(2)3/h10-13,15,18-19H,5-9,14H2,1-4H3. The Labute approximate surface area is 119 Å². The zero-order chi connectivity index (χ0) is 14.1. The maximum absolute atomic E-state index is 3.46. The van der Waals surface area contributed by atoms with Crippen LogP contribution in [0.2, 0.25) is 0 Å². The second-order valence-electron chi connectivity index (χ2n) is 6.03. The first-order chi connectivity index (χ1) is 9.17. The molecule has 1 atom stereocenters. The van der Waals surface area contributed by atoms with Gasteiger partial charge in [-0.15, -0.1) is 0 Å². The van der Waals surface area contributed by atoms with Crippen LogP contribution in [0.1, 0.15) is 70.0 Å². The number of hydrogen-bond acceptors (Lipinski definition) is 1. The number of benzene rings is 1. The van der Waals surface area contributed by atoms with Crippen molar-refractivity contribution in [3.8, 4) is 0 Å². The fourth-order valence-electron chi connectivity index (χ4n) is 2.61. The van der Waals surface area contributed by atoms with E-state index in [1.165, 1.54) is 49.7 Å². The van der Waals surface area contributed by atoms with Crippen LogP contribution >= 0.6 is 0 Å². The Morgan fingerprint density at radius 2 is 1.68 bits per heavy atom. The van der Waals surface area contributed by atoms with Gasteiger partial charge in [-0.2, -0.15) is 0 Å². The Balaban J connectivity index is 2.51. The summed E-state index contributed by atoms with van der Waals surface area (Å²) in [5.41, 5.74) is 2.89.